The summed E-state index contributed by atoms with van der Waals surface area (Å²) in [6, 6.07) is 7.88. The second-order valence-electron chi connectivity index (χ2n) is 5.68. The molecule has 1 aromatic rings. The Morgan fingerprint density at radius 1 is 1.36 bits per heavy atom. The van der Waals surface area contributed by atoms with Gasteiger partial charge in [-0.2, -0.15) is 0 Å². The molecule has 6 heteroatoms. The van der Waals surface area contributed by atoms with Crippen LogP contribution in [0.3, 0.4) is 0 Å². The predicted octanol–water partition coefficient (Wildman–Crippen LogP) is 3.23. The predicted molar refractivity (Wildman–Crippen MR) is 94.5 cm³/mol. The molecule has 0 aliphatic heterocycles. The second kappa shape index (κ2) is 9.38. The summed E-state index contributed by atoms with van der Waals surface area (Å²) in [6.07, 6.45) is 3.84. The van der Waals surface area contributed by atoms with Gasteiger partial charge in [-0.15, -0.1) is 12.4 Å². The van der Waals surface area contributed by atoms with Gasteiger partial charge in [-0.05, 0) is 43.0 Å². The molecule has 0 saturated heterocycles. The van der Waals surface area contributed by atoms with E-state index < -0.39 is 0 Å². The Labute approximate surface area is 146 Å². The van der Waals surface area contributed by atoms with E-state index in [1.165, 1.54) is 0 Å². The van der Waals surface area contributed by atoms with Gasteiger partial charge in [-0.1, -0.05) is 22.4 Å². The van der Waals surface area contributed by atoms with Gasteiger partial charge < -0.3 is 15.4 Å². The van der Waals surface area contributed by atoms with Gasteiger partial charge in [-0.25, -0.2) is 0 Å². The minimum atomic E-state index is 0. The van der Waals surface area contributed by atoms with Crippen LogP contribution in [0, 0.1) is 5.92 Å². The van der Waals surface area contributed by atoms with Crippen LogP contribution in [0.4, 0.5) is 0 Å². The third-order valence-electron chi connectivity index (χ3n) is 4.09. The number of likely N-dealkylation sites (N-methyl/N-ethyl adjacent to an activating group) is 1. The van der Waals surface area contributed by atoms with Crippen molar-refractivity contribution in [2.24, 2.45) is 11.7 Å². The highest BCUT2D eigenvalue weighted by molar-refractivity contribution is 9.10. The van der Waals surface area contributed by atoms with Crippen LogP contribution >= 0.6 is 28.3 Å². The summed E-state index contributed by atoms with van der Waals surface area (Å²) in [5.74, 6) is 1.33. The molecule has 1 aliphatic rings. The Morgan fingerprint density at radius 2 is 2.05 bits per heavy atom. The SMILES string of the molecule is CN(CCOc1ccc(Br)cc1)C(=O)C[C@@H]1CCC[C@H]1N.Cl. The molecule has 1 aliphatic carbocycles. The van der Waals surface area contributed by atoms with E-state index in [1.54, 1.807) is 4.90 Å². The average Bonchev–Trinajstić information content (AvgIpc) is 2.86. The molecule has 1 aromatic carbocycles. The van der Waals surface area contributed by atoms with E-state index >= 15 is 0 Å². The molecule has 0 aromatic heterocycles. The maximum Gasteiger partial charge on any atom is 0.222 e. The number of benzene rings is 1. The van der Waals surface area contributed by atoms with Crippen molar-refractivity contribution in [3.8, 4) is 5.75 Å². The Bertz CT molecular complexity index is 470. The highest BCUT2D eigenvalue weighted by atomic mass is 79.9. The topological polar surface area (TPSA) is 55.6 Å². The summed E-state index contributed by atoms with van der Waals surface area (Å²) < 4.78 is 6.66. The van der Waals surface area contributed by atoms with Crippen LogP contribution in [-0.2, 0) is 4.79 Å². The Kier molecular flexibility index (Phi) is 8.21. The number of hydrogen-bond acceptors (Lipinski definition) is 3. The Morgan fingerprint density at radius 3 is 2.64 bits per heavy atom. The third-order valence-corrected chi connectivity index (χ3v) is 4.62. The fourth-order valence-electron chi connectivity index (χ4n) is 2.66. The lowest BCUT2D eigenvalue weighted by atomic mass is 9.99. The van der Waals surface area contributed by atoms with Gasteiger partial charge in [0.1, 0.15) is 12.4 Å². The van der Waals surface area contributed by atoms with E-state index in [9.17, 15) is 4.79 Å². The zero-order chi connectivity index (χ0) is 15.2. The minimum Gasteiger partial charge on any atom is -0.492 e. The molecule has 0 heterocycles. The fourth-order valence-corrected chi connectivity index (χ4v) is 2.92. The molecule has 2 rings (SSSR count). The number of ether oxygens (including phenoxy) is 1. The third kappa shape index (κ3) is 5.78. The molecule has 1 fully saturated rings. The standard InChI is InChI=1S/C16H23BrN2O2.ClH/c1-19(16(20)11-12-3-2-4-15(12)18)9-10-21-14-7-5-13(17)6-8-14;/h5-8,12,15H,2-4,9-11,18H2,1H3;1H/t12-,15+;/m0./s1. The van der Waals surface area contributed by atoms with Crippen LogP contribution in [0.15, 0.2) is 28.7 Å². The zero-order valence-electron chi connectivity index (χ0n) is 12.8. The van der Waals surface area contributed by atoms with Gasteiger partial charge in [0, 0.05) is 24.0 Å². The number of rotatable bonds is 6. The first kappa shape index (κ1) is 19.3. The molecule has 2 atom stereocenters. The van der Waals surface area contributed by atoms with E-state index in [1.807, 2.05) is 31.3 Å². The minimum absolute atomic E-state index is 0. The lowest BCUT2D eigenvalue weighted by Crippen LogP contribution is -2.35. The summed E-state index contributed by atoms with van der Waals surface area (Å²) in [7, 11) is 1.83. The van der Waals surface area contributed by atoms with Gasteiger partial charge in [0.2, 0.25) is 5.91 Å². The van der Waals surface area contributed by atoms with Crippen molar-refractivity contribution < 1.29 is 9.53 Å². The summed E-state index contributed by atoms with van der Waals surface area (Å²) in [6.45, 7) is 1.09. The van der Waals surface area contributed by atoms with Crippen molar-refractivity contribution in [1.29, 1.82) is 0 Å². The number of amides is 1. The van der Waals surface area contributed by atoms with Crippen LogP contribution in [-0.4, -0.2) is 37.0 Å². The first-order valence-corrected chi connectivity index (χ1v) is 8.23. The van der Waals surface area contributed by atoms with Gasteiger partial charge >= 0.3 is 0 Å². The summed E-state index contributed by atoms with van der Waals surface area (Å²) in [4.78, 5) is 13.9. The van der Waals surface area contributed by atoms with Crippen molar-refractivity contribution in [1.82, 2.24) is 4.90 Å². The molecule has 1 saturated carbocycles. The molecule has 4 nitrogen and oxygen atoms in total. The zero-order valence-corrected chi connectivity index (χ0v) is 15.2. The van der Waals surface area contributed by atoms with Crippen LogP contribution < -0.4 is 10.5 Å². The number of halogens is 2. The average molecular weight is 392 g/mol. The molecule has 1 amide bonds. The largest absolute Gasteiger partial charge is 0.492 e. The highest BCUT2D eigenvalue weighted by Crippen LogP contribution is 2.27. The summed E-state index contributed by atoms with van der Waals surface area (Å²) in [5.41, 5.74) is 6.02. The van der Waals surface area contributed by atoms with Gasteiger partial charge in [0.15, 0.2) is 0 Å². The van der Waals surface area contributed by atoms with Gasteiger partial charge in [0.25, 0.3) is 0 Å². The van der Waals surface area contributed by atoms with Crippen molar-refractivity contribution in [3.63, 3.8) is 0 Å². The van der Waals surface area contributed by atoms with E-state index in [-0.39, 0.29) is 24.4 Å². The summed E-state index contributed by atoms with van der Waals surface area (Å²) in [5, 5.41) is 0. The molecule has 0 unspecified atom stereocenters. The fraction of sp³-hybridized carbons (Fsp3) is 0.562. The smallest absolute Gasteiger partial charge is 0.222 e. The Hall–Kier alpha value is -0.780. The van der Waals surface area contributed by atoms with Crippen molar-refractivity contribution >= 4 is 34.2 Å². The van der Waals surface area contributed by atoms with Gasteiger partial charge in [-0.3, -0.25) is 4.79 Å². The molecule has 0 bridgehead atoms. The monoisotopic (exact) mass is 390 g/mol. The molecule has 0 radical (unpaired) electrons. The van der Waals surface area contributed by atoms with Gasteiger partial charge in [0.05, 0.1) is 6.54 Å². The number of nitrogens with zero attached hydrogens (tertiary/aromatic N) is 1. The molecular weight excluding hydrogens is 368 g/mol. The van der Waals surface area contributed by atoms with Crippen molar-refractivity contribution in [2.45, 2.75) is 31.7 Å². The normalized spacial score (nSPS) is 20.3. The lowest BCUT2D eigenvalue weighted by Gasteiger charge is -2.21. The van der Waals surface area contributed by atoms with Crippen LogP contribution in [0.25, 0.3) is 0 Å². The lowest BCUT2D eigenvalue weighted by molar-refractivity contribution is -0.131. The molecule has 2 N–H and O–H groups in total. The summed E-state index contributed by atoms with van der Waals surface area (Å²) >= 11 is 3.38. The van der Waals surface area contributed by atoms with Crippen LogP contribution in [0.1, 0.15) is 25.7 Å². The first-order valence-electron chi connectivity index (χ1n) is 7.44. The molecule has 0 spiro atoms. The maximum atomic E-state index is 12.1. The number of hydrogen-bond donors (Lipinski definition) is 1. The van der Waals surface area contributed by atoms with E-state index in [0.717, 1.165) is 29.5 Å². The second-order valence-corrected chi connectivity index (χ2v) is 6.59. The van der Waals surface area contributed by atoms with Crippen molar-refractivity contribution in [2.75, 3.05) is 20.2 Å². The first-order chi connectivity index (χ1) is 10.1. The molecule has 22 heavy (non-hydrogen) atoms. The highest BCUT2D eigenvalue weighted by Gasteiger charge is 2.27. The van der Waals surface area contributed by atoms with Crippen molar-refractivity contribution in [3.05, 3.63) is 28.7 Å². The maximum absolute atomic E-state index is 12.1. The Balaban J connectivity index is 0.00000242. The quantitative estimate of drug-likeness (QED) is 0.810. The van der Waals surface area contributed by atoms with E-state index in [0.29, 0.717) is 25.5 Å². The van der Waals surface area contributed by atoms with E-state index in [4.69, 9.17) is 10.5 Å². The number of carbonyl (C=O) groups is 1. The molecular formula is C16H24BrClN2O2. The molecule has 124 valence electrons. The van der Waals surface area contributed by atoms with E-state index in [2.05, 4.69) is 15.9 Å². The number of nitrogens with two attached hydrogens (primary N) is 1. The van der Waals surface area contributed by atoms with Crippen LogP contribution in [0.5, 0.6) is 5.75 Å². The van der Waals surface area contributed by atoms with Crippen LogP contribution in [0.2, 0.25) is 0 Å². The number of carbonyl (C=O) groups excluding carboxylic acids is 1.